The SMILES string of the molecule is CC(C)C1=CC(=O)C2=C(CCC3C2(C)CCC(O)C3(C)C)C1=O. The molecule has 0 bridgehead atoms. The zero-order valence-electron chi connectivity index (χ0n) is 14.9. The molecular formula is C20H28O3. The molecule has 0 aromatic heterocycles. The van der Waals surface area contributed by atoms with Crippen molar-refractivity contribution in [1.82, 2.24) is 0 Å². The molecule has 1 fully saturated rings. The standard InChI is InChI=1S/C20H28O3/c1-11(2)13-10-14(21)17-12(18(13)23)6-7-15-19(3,4)16(22)8-9-20(15,17)5/h10-11,15-16,22H,6-9H2,1-5H3. The van der Waals surface area contributed by atoms with Gasteiger partial charge >= 0.3 is 0 Å². The highest BCUT2D eigenvalue weighted by atomic mass is 16.3. The number of aliphatic hydroxyl groups is 1. The van der Waals surface area contributed by atoms with Crippen LogP contribution < -0.4 is 0 Å². The number of aliphatic hydroxyl groups excluding tert-OH is 1. The molecule has 3 rings (SSSR count). The Labute approximate surface area is 138 Å². The molecule has 1 N–H and O–H groups in total. The summed E-state index contributed by atoms with van der Waals surface area (Å²) >= 11 is 0. The highest BCUT2D eigenvalue weighted by Crippen LogP contribution is 2.60. The molecule has 0 saturated heterocycles. The van der Waals surface area contributed by atoms with Crippen LogP contribution in [0.15, 0.2) is 22.8 Å². The third kappa shape index (κ3) is 2.20. The topological polar surface area (TPSA) is 54.4 Å². The van der Waals surface area contributed by atoms with Crippen LogP contribution in [0.25, 0.3) is 0 Å². The molecule has 0 aromatic carbocycles. The summed E-state index contributed by atoms with van der Waals surface area (Å²) in [5.41, 5.74) is 1.65. The van der Waals surface area contributed by atoms with E-state index in [4.69, 9.17) is 0 Å². The van der Waals surface area contributed by atoms with E-state index in [0.29, 0.717) is 18.4 Å². The number of hydrogen-bond donors (Lipinski definition) is 1. The minimum absolute atomic E-state index is 0.0303. The minimum atomic E-state index is -0.334. The predicted molar refractivity (Wildman–Crippen MR) is 89.8 cm³/mol. The van der Waals surface area contributed by atoms with Gasteiger partial charge in [-0.3, -0.25) is 9.59 Å². The zero-order chi connectivity index (χ0) is 17.2. The van der Waals surface area contributed by atoms with Crippen molar-refractivity contribution in [2.45, 2.75) is 66.4 Å². The molecule has 126 valence electrons. The fourth-order valence-electron chi connectivity index (χ4n) is 5.32. The Morgan fingerprint density at radius 3 is 2.43 bits per heavy atom. The minimum Gasteiger partial charge on any atom is -0.393 e. The Kier molecular flexibility index (Phi) is 3.72. The Hall–Kier alpha value is -1.22. The van der Waals surface area contributed by atoms with E-state index >= 15 is 0 Å². The summed E-state index contributed by atoms with van der Waals surface area (Å²) in [5.74, 6) is 0.430. The molecule has 0 aromatic rings. The number of carbonyl (C=O) groups excluding carboxylic acids is 2. The maximum absolute atomic E-state index is 12.9. The van der Waals surface area contributed by atoms with Gasteiger partial charge in [0.1, 0.15) is 0 Å². The van der Waals surface area contributed by atoms with Gasteiger partial charge in [-0.15, -0.1) is 0 Å². The molecule has 3 unspecified atom stereocenters. The third-order valence-electron chi connectivity index (χ3n) is 6.71. The van der Waals surface area contributed by atoms with Crippen LogP contribution >= 0.6 is 0 Å². The van der Waals surface area contributed by atoms with Gasteiger partial charge in [-0.2, -0.15) is 0 Å². The molecule has 23 heavy (non-hydrogen) atoms. The van der Waals surface area contributed by atoms with E-state index in [1.54, 1.807) is 6.08 Å². The van der Waals surface area contributed by atoms with E-state index in [1.807, 2.05) is 13.8 Å². The van der Waals surface area contributed by atoms with Crippen LogP contribution in [0.4, 0.5) is 0 Å². The van der Waals surface area contributed by atoms with Crippen LogP contribution in [-0.2, 0) is 9.59 Å². The summed E-state index contributed by atoms with van der Waals surface area (Å²) < 4.78 is 0. The molecule has 0 aliphatic heterocycles. The normalized spacial score (nSPS) is 36.7. The predicted octanol–water partition coefficient (Wildman–Crippen LogP) is 3.61. The summed E-state index contributed by atoms with van der Waals surface area (Å²) in [7, 11) is 0. The van der Waals surface area contributed by atoms with Crippen molar-refractivity contribution < 1.29 is 14.7 Å². The van der Waals surface area contributed by atoms with E-state index < -0.39 is 0 Å². The molecule has 3 aliphatic rings. The van der Waals surface area contributed by atoms with E-state index in [9.17, 15) is 14.7 Å². The first-order valence-corrected chi connectivity index (χ1v) is 8.83. The first kappa shape index (κ1) is 16.6. The van der Waals surface area contributed by atoms with Crippen molar-refractivity contribution in [1.29, 1.82) is 0 Å². The van der Waals surface area contributed by atoms with E-state index in [-0.39, 0.29) is 40.3 Å². The van der Waals surface area contributed by atoms with Gasteiger partial charge in [-0.1, -0.05) is 34.6 Å². The number of ketones is 2. The van der Waals surface area contributed by atoms with Crippen molar-refractivity contribution in [2.75, 3.05) is 0 Å². The molecule has 3 atom stereocenters. The van der Waals surface area contributed by atoms with Gasteiger partial charge in [0.05, 0.1) is 6.10 Å². The first-order valence-electron chi connectivity index (χ1n) is 8.83. The van der Waals surface area contributed by atoms with Crippen LogP contribution in [-0.4, -0.2) is 22.8 Å². The second-order valence-electron chi connectivity index (χ2n) is 8.69. The van der Waals surface area contributed by atoms with Gasteiger partial charge in [-0.25, -0.2) is 0 Å². The van der Waals surface area contributed by atoms with E-state index in [0.717, 1.165) is 24.0 Å². The highest BCUT2D eigenvalue weighted by molar-refractivity contribution is 6.23. The van der Waals surface area contributed by atoms with Crippen molar-refractivity contribution in [3.63, 3.8) is 0 Å². The Bertz CT molecular complexity index is 635. The summed E-state index contributed by atoms with van der Waals surface area (Å²) in [6.45, 7) is 10.3. The molecule has 3 aliphatic carbocycles. The maximum atomic E-state index is 12.9. The van der Waals surface area contributed by atoms with Gasteiger partial charge in [0.25, 0.3) is 0 Å². The van der Waals surface area contributed by atoms with Gasteiger partial charge < -0.3 is 5.11 Å². The Morgan fingerprint density at radius 2 is 1.83 bits per heavy atom. The summed E-state index contributed by atoms with van der Waals surface area (Å²) in [5, 5.41) is 10.4. The monoisotopic (exact) mass is 316 g/mol. The summed E-state index contributed by atoms with van der Waals surface area (Å²) in [6, 6.07) is 0. The van der Waals surface area contributed by atoms with Gasteiger partial charge in [-0.05, 0) is 49.0 Å². The van der Waals surface area contributed by atoms with Crippen molar-refractivity contribution in [3.8, 4) is 0 Å². The van der Waals surface area contributed by atoms with Crippen LogP contribution in [0.5, 0.6) is 0 Å². The average molecular weight is 316 g/mol. The third-order valence-corrected chi connectivity index (χ3v) is 6.71. The van der Waals surface area contributed by atoms with Crippen molar-refractivity contribution >= 4 is 11.6 Å². The number of hydrogen-bond acceptors (Lipinski definition) is 3. The molecule has 0 radical (unpaired) electrons. The fourth-order valence-corrected chi connectivity index (χ4v) is 5.32. The quantitative estimate of drug-likeness (QED) is 0.752. The van der Waals surface area contributed by atoms with E-state index in [2.05, 4.69) is 20.8 Å². The van der Waals surface area contributed by atoms with Crippen LogP contribution in [0, 0.1) is 22.7 Å². The molecule has 0 amide bonds. The molecule has 3 nitrogen and oxygen atoms in total. The number of carbonyl (C=O) groups is 2. The lowest BCUT2D eigenvalue weighted by Crippen LogP contribution is -2.53. The van der Waals surface area contributed by atoms with Crippen molar-refractivity contribution in [3.05, 3.63) is 22.8 Å². The second-order valence-corrected chi connectivity index (χ2v) is 8.69. The molecule has 1 saturated carbocycles. The summed E-state index contributed by atoms with van der Waals surface area (Å²) in [6.07, 6.45) is 4.27. The first-order chi connectivity index (χ1) is 10.6. The number of allylic oxidation sites excluding steroid dienone is 4. The Morgan fingerprint density at radius 1 is 1.17 bits per heavy atom. The lowest BCUT2D eigenvalue weighted by Gasteiger charge is -2.56. The van der Waals surface area contributed by atoms with E-state index in [1.165, 1.54) is 0 Å². The lowest BCUT2D eigenvalue weighted by molar-refractivity contribution is -0.123. The van der Waals surface area contributed by atoms with Crippen LogP contribution in [0.2, 0.25) is 0 Å². The largest absolute Gasteiger partial charge is 0.393 e. The second kappa shape index (κ2) is 5.14. The smallest absolute Gasteiger partial charge is 0.185 e. The lowest BCUT2D eigenvalue weighted by atomic mass is 9.48. The summed E-state index contributed by atoms with van der Waals surface area (Å²) in [4.78, 5) is 25.8. The number of Topliss-reactive ketones (excluding diaryl/α,β-unsaturated/α-hetero) is 1. The highest BCUT2D eigenvalue weighted by Gasteiger charge is 2.56. The average Bonchev–Trinajstić information content (AvgIpc) is 2.46. The number of rotatable bonds is 1. The fraction of sp³-hybridized carbons (Fsp3) is 0.700. The number of fused-ring (bicyclic) bond motifs is 2. The van der Waals surface area contributed by atoms with Crippen molar-refractivity contribution in [2.24, 2.45) is 22.7 Å². The van der Waals surface area contributed by atoms with Crippen LogP contribution in [0.1, 0.15) is 60.3 Å². The molecule has 0 spiro atoms. The van der Waals surface area contributed by atoms with Gasteiger partial charge in [0, 0.05) is 22.1 Å². The molecule has 3 heteroatoms. The van der Waals surface area contributed by atoms with Crippen LogP contribution in [0.3, 0.4) is 0 Å². The Balaban J connectivity index is 2.10. The van der Waals surface area contributed by atoms with Gasteiger partial charge in [0.15, 0.2) is 11.6 Å². The maximum Gasteiger partial charge on any atom is 0.185 e. The van der Waals surface area contributed by atoms with Gasteiger partial charge in [0.2, 0.25) is 0 Å². The molecular weight excluding hydrogens is 288 g/mol. The zero-order valence-corrected chi connectivity index (χ0v) is 14.9. The molecule has 0 heterocycles.